The summed E-state index contributed by atoms with van der Waals surface area (Å²) in [5.74, 6) is -0.491. The third kappa shape index (κ3) is 2.95. The van der Waals surface area contributed by atoms with Crippen molar-refractivity contribution < 1.29 is 9.53 Å². The molecule has 0 saturated carbocycles. The van der Waals surface area contributed by atoms with Gasteiger partial charge in [0, 0.05) is 11.1 Å². The lowest BCUT2D eigenvalue weighted by molar-refractivity contribution is 0.0977. The molecule has 0 heterocycles. The fraction of sp³-hybridized carbons (Fsp3) is 0.222. The summed E-state index contributed by atoms with van der Waals surface area (Å²) in [5, 5.41) is 9.49. The molecule has 0 spiro atoms. The number of carbonyl (C=O) groups excluding carboxylic acids is 1. The Morgan fingerprint density at radius 1 is 1.19 bits per heavy atom. The zero-order valence-corrected chi connectivity index (χ0v) is 12.4. The highest BCUT2D eigenvalue weighted by Gasteiger charge is 2.25. The topological polar surface area (TPSA) is 50.1 Å². The minimum absolute atomic E-state index is 0.195. The van der Waals surface area contributed by atoms with Crippen molar-refractivity contribution in [2.45, 2.75) is 19.8 Å². The van der Waals surface area contributed by atoms with E-state index in [9.17, 15) is 10.1 Å². The molecule has 0 amide bonds. The molecule has 0 aliphatic heterocycles. The second kappa shape index (κ2) is 6.23. The van der Waals surface area contributed by atoms with Gasteiger partial charge in [0.1, 0.15) is 11.7 Å². The van der Waals surface area contributed by atoms with Gasteiger partial charge in [0.25, 0.3) is 0 Å². The average molecular weight is 279 g/mol. The number of hydrogen-bond donors (Lipinski definition) is 0. The van der Waals surface area contributed by atoms with Gasteiger partial charge in [-0.15, -0.1) is 0 Å². The summed E-state index contributed by atoms with van der Waals surface area (Å²) in [7, 11) is 1.54. The number of nitrogens with zero attached hydrogens (tertiary/aromatic N) is 1. The van der Waals surface area contributed by atoms with Crippen LogP contribution < -0.4 is 4.74 Å². The molecule has 3 heteroatoms. The van der Waals surface area contributed by atoms with Crippen LogP contribution >= 0.6 is 0 Å². The number of Topliss-reactive ketones (excluding diaryl/α,β-unsaturated/α-hetero) is 1. The summed E-state index contributed by atoms with van der Waals surface area (Å²) in [6.07, 6.45) is 0. The SMILES string of the molecule is COc1ccc(C)cc1C(C#N)C(=O)c1ccccc1C. The predicted molar refractivity (Wildman–Crippen MR) is 81.6 cm³/mol. The number of carbonyl (C=O) groups is 1. The van der Waals surface area contributed by atoms with Crippen LogP contribution in [0.1, 0.15) is 33.0 Å². The Labute approximate surface area is 124 Å². The van der Waals surface area contributed by atoms with E-state index < -0.39 is 5.92 Å². The molecule has 2 aromatic rings. The maximum atomic E-state index is 12.7. The van der Waals surface area contributed by atoms with E-state index in [0.717, 1.165) is 11.1 Å². The van der Waals surface area contributed by atoms with E-state index in [1.807, 2.05) is 44.2 Å². The third-order valence-corrected chi connectivity index (χ3v) is 3.50. The maximum absolute atomic E-state index is 12.7. The molecular formula is C18H17NO2. The Bertz CT molecular complexity index is 713. The van der Waals surface area contributed by atoms with Crippen molar-refractivity contribution >= 4 is 5.78 Å². The van der Waals surface area contributed by atoms with Crippen molar-refractivity contribution in [1.29, 1.82) is 5.26 Å². The molecule has 0 saturated heterocycles. The van der Waals surface area contributed by atoms with Gasteiger partial charge in [0.2, 0.25) is 0 Å². The van der Waals surface area contributed by atoms with E-state index in [0.29, 0.717) is 16.9 Å². The largest absolute Gasteiger partial charge is 0.496 e. The summed E-state index contributed by atoms with van der Waals surface area (Å²) in [6, 6.07) is 14.9. The monoisotopic (exact) mass is 279 g/mol. The first kappa shape index (κ1) is 14.8. The lowest BCUT2D eigenvalue weighted by atomic mass is 9.88. The number of nitriles is 1. The van der Waals surface area contributed by atoms with Gasteiger partial charge >= 0.3 is 0 Å². The smallest absolute Gasteiger partial charge is 0.184 e. The molecule has 1 atom stereocenters. The molecule has 2 aromatic carbocycles. The second-order valence-corrected chi connectivity index (χ2v) is 4.99. The molecular weight excluding hydrogens is 262 g/mol. The molecule has 21 heavy (non-hydrogen) atoms. The van der Waals surface area contributed by atoms with Crippen molar-refractivity contribution in [1.82, 2.24) is 0 Å². The van der Waals surface area contributed by atoms with Crippen molar-refractivity contribution in [2.24, 2.45) is 0 Å². The van der Waals surface area contributed by atoms with Crippen LogP contribution in [0.25, 0.3) is 0 Å². The Balaban J connectivity index is 2.51. The van der Waals surface area contributed by atoms with Gasteiger partial charge in [0.15, 0.2) is 5.78 Å². The maximum Gasteiger partial charge on any atom is 0.184 e. The summed E-state index contributed by atoms with van der Waals surface area (Å²) in [5.41, 5.74) is 3.05. The van der Waals surface area contributed by atoms with Gasteiger partial charge in [0.05, 0.1) is 13.2 Å². The van der Waals surface area contributed by atoms with E-state index in [-0.39, 0.29) is 5.78 Å². The molecule has 0 fully saturated rings. The van der Waals surface area contributed by atoms with Crippen molar-refractivity contribution in [3.63, 3.8) is 0 Å². The van der Waals surface area contributed by atoms with E-state index in [4.69, 9.17) is 4.74 Å². The predicted octanol–water partition coefficient (Wildman–Crippen LogP) is 3.80. The molecule has 2 rings (SSSR count). The Morgan fingerprint density at radius 2 is 1.90 bits per heavy atom. The summed E-state index contributed by atoms with van der Waals surface area (Å²) < 4.78 is 5.30. The number of ether oxygens (including phenoxy) is 1. The van der Waals surface area contributed by atoms with E-state index >= 15 is 0 Å². The standard InChI is InChI=1S/C18H17NO2/c1-12-8-9-17(21-3)15(10-12)16(11-19)18(20)14-7-5-4-6-13(14)2/h4-10,16H,1-3H3. The van der Waals surface area contributed by atoms with Gasteiger partial charge in [-0.25, -0.2) is 0 Å². The molecule has 1 unspecified atom stereocenters. The molecule has 0 N–H and O–H groups in total. The van der Waals surface area contributed by atoms with Crippen molar-refractivity contribution in [3.05, 3.63) is 64.7 Å². The lowest BCUT2D eigenvalue weighted by Crippen LogP contribution is -2.13. The number of hydrogen-bond acceptors (Lipinski definition) is 3. The average Bonchev–Trinajstić information content (AvgIpc) is 2.48. The Hall–Kier alpha value is -2.60. The van der Waals surface area contributed by atoms with Crippen LogP contribution in [-0.4, -0.2) is 12.9 Å². The quantitative estimate of drug-likeness (QED) is 0.800. The normalized spacial score (nSPS) is 11.5. The van der Waals surface area contributed by atoms with Gasteiger partial charge in [-0.1, -0.05) is 42.0 Å². The zero-order valence-electron chi connectivity index (χ0n) is 12.4. The van der Waals surface area contributed by atoms with Crippen LogP contribution in [-0.2, 0) is 0 Å². The first-order valence-electron chi connectivity index (χ1n) is 6.72. The molecule has 0 bridgehead atoms. The number of ketones is 1. The van der Waals surface area contributed by atoms with Gasteiger partial charge in [-0.3, -0.25) is 4.79 Å². The Kier molecular flexibility index (Phi) is 4.39. The fourth-order valence-corrected chi connectivity index (χ4v) is 2.35. The van der Waals surface area contributed by atoms with Gasteiger partial charge < -0.3 is 4.74 Å². The van der Waals surface area contributed by atoms with Crippen LogP contribution in [0.5, 0.6) is 5.75 Å². The van der Waals surface area contributed by atoms with E-state index in [1.165, 1.54) is 0 Å². The van der Waals surface area contributed by atoms with Crippen LogP contribution in [0.4, 0.5) is 0 Å². The number of aryl methyl sites for hydroxylation is 2. The molecule has 0 aliphatic rings. The third-order valence-electron chi connectivity index (χ3n) is 3.50. The summed E-state index contributed by atoms with van der Waals surface area (Å²) in [6.45, 7) is 3.80. The van der Waals surface area contributed by atoms with Crippen LogP contribution in [0.3, 0.4) is 0 Å². The van der Waals surface area contributed by atoms with E-state index in [2.05, 4.69) is 6.07 Å². The molecule has 0 aliphatic carbocycles. The highest BCUT2D eigenvalue weighted by atomic mass is 16.5. The van der Waals surface area contributed by atoms with Crippen molar-refractivity contribution in [2.75, 3.05) is 7.11 Å². The number of methoxy groups -OCH3 is 1. The molecule has 106 valence electrons. The minimum Gasteiger partial charge on any atom is -0.496 e. The lowest BCUT2D eigenvalue weighted by Gasteiger charge is -2.14. The number of rotatable bonds is 4. The van der Waals surface area contributed by atoms with E-state index in [1.54, 1.807) is 19.2 Å². The molecule has 0 radical (unpaired) electrons. The summed E-state index contributed by atoms with van der Waals surface area (Å²) in [4.78, 5) is 12.7. The minimum atomic E-state index is -0.860. The second-order valence-electron chi connectivity index (χ2n) is 4.99. The van der Waals surface area contributed by atoms with Crippen LogP contribution in [0.2, 0.25) is 0 Å². The van der Waals surface area contributed by atoms with Gasteiger partial charge in [-0.05, 0) is 25.5 Å². The Morgan fingerprint density at radius 3 is 2.52 bits per heavy atom. The molecule has 0 aromatic heterocycles. The number of benzene rings is 2. The highest BCUT2D eigenvalue weighted by Crippen LogP contribution is 2.30. The first-order valence-corrected chi connectivity index (χ1v) is 6.72. The van der Waals surface area contributed by atoms with Crippen LogP contribution in [0.15, 0.2) is 42.5 Å². The zero-order chi connectivity index (χ0) is 15.4. The fourth-order valence-electron chi connectivity index (χ4n) is 2.35. The highest BCUT2D eigenvalue weighted by molar-refractivity contribution is 6.04. The first-order chi connectivity index (χ1) is 10.1. The van der Waals surface area contributed by atoms with Crippen molar-refractivity contribution in [3.8, 4) is 11.8 Å². The van der Waals surface area contributed by atoms with Gasteiger partial charge in [-0.2, -0.15) is 5.26 Å². The van der Waals surface area contributed by atoms with Crippen LogP contribution in [0, 0.1) is 25.2 Å². The summed E-state index contributed by atoms with van der Waals surface area (Å²) >= 11 is 0. The molecule has 3 nitrogen and oxygen atoms in total.